The fourth-order valence-electron chi connectivity index (χ4n) is 3.30. The Kier molecular flexibility index (Phi) is 8.15. The minimum atomic E-state index is -3.68. The number of nitrogens with one attached hydrogen (secondary N) is 1. The molecule has 33 heavy (non-hydrogen) atoms. The third-order valence-corrected chi connectivity index (χ3v) is 7.58. The first-order chi connectivity index (χ1) is 15.7. The van der Waals surface area contributed by atoms with Crippen LogP contribution >= 0.6 is 15.9 Å². The first-order valence-electron chi connectivity index (χ1n) is 10.6. The molecule has 0 aromatic heterocycles. The zero-order valence-corrected chi connectivity index (χ0v) is 21.2. The molecule has 0 spiro atoms. The van der Waals surface area contributed by atoms with E-state index in [9.17, 15) is 13.2 Å². The smallest absolute Gasteiger partial charge is 0.264 e. The second kappa shape index (κ2) is 10.9. The first kappa shape index (κ1) is 24.8. The van der Waals surface area contributed by atoms with Crippen LogP contribution in [0.5, 0.6) is 5.75 Å². The van der Waals surface area contributed by atoms with Gasteiger partial charge >= 0.3 is 0 Å². The Morgan fingerprint density at radius 2 is 1.61 bits per heavy atom. The van der Waals surface area contributed by atoms with Crippen molar-refractivity contribution in [1.29, 1.82) is 0 Å². The maximum absolute atomic E-state index is 13.1. The van der Waals surface area contributed by atoms with Crippen LogP contribution in [0.3, 0.4) is 0 Å². The summed E-state index contributed by atoms with van der Waals surface area (Å²) >= 11 is 3.40. The van der Waals surface area contributed by atoms with E-state index in [0.717, 1.165) is 15.6 Å². The number of nitrogens with zero attached hydrogens (tertiary/aromatic N) is 1. The summed E-state index contributed by atoms with van der Waals surface area (Å²) in [4.78, 5) is 12.5. The van der Waals surface area contributed by atoms with Crippen molar-refractivity contribution < 1.29 is 17.9 Å². The van der Waals surface area contributed by atoms with Crippen LogP contribution in [0.15, 0.2) is 82.2 Å². The topological polar surface area (TPSA) is 75.7 Å². The molecule has 0 saturated carbocycles. The Morgan fingerprint density at radius 3 is 2.18 bits per heavy atom. The highest BCUT2D eigenvalue weighted by molar-refractivity contribution is 9.10. The van der Waals surface area contributed by atoms with Gasteiger partial charge in [0.05, 0.1) is 16.6 Å². The van der Waals surface area contributed by atoms with Gasteiger partial charge in [0.15, 0.2) is 6.61 Å². The van der Waals surface area contributed by atoms with Crippen LogP contribution in [-0.2, 0) is 14.8 Å². The predicted octanol–water partition coefficient (Wildman–Crippen LogP) is 5.23. The predicted molar refractivity (Wildman–Crippen MR) is 134 cm³/mol. The molecule has 1 atom stereocenters. The SMILES string of the molecule is CCN(c1ccc(OCC(=O)N[C@H](C)c2ccc(Br)cc2)cc1)S(=O)(=O)c1ccc(C)cc1. The lowest BCUT2D eigenvalue weighted by atomic mass is 10.1. The Bertz CT molecular complexity index is 1180. The van der Waals surface area contributed by atoms with Crippen LogP contribution in [0.4, 0.5) is 5.69 Å². The molecule has 0 aliphatic carbocycles. The summed E-state index contributed by atoms with van der Waals surface area (Å²) in [5, 5.41) is 2.90. The van der Waals surface area contributed by atoms with Crippen molar-refractivity contribution in [3.05, 3.63) is 88.4 Å². The summed E-state index contributed by atoms with van der Waals surface area (Å²) in [6.45, 7) is 5.75. The third kappa shape index (κ3) is 6.36. The molecule has 0 saturated heterocycles. The van der Waals surface area contributed by atoms with Crippen molar-refractivity contribution in [2.75, 3.05) is 17.5 Å². The zero-order valence-electron chi connectivity index (χ0n) is 18.8. The van der Waals surface area contributed by atoms with Crippen molar-refractivity contribution in [3.63, 3.8) is 0 Å². The molecular weight excluding hydrogens is 504 g/mol. The van der Waals surface area contributed by atoms with E-state index in [-0.39, 0.29) is 30.0 Å². The quantitative estimate of drug-likeness (QED) is 0.411. The fraction of sp³-hybridized carbons (Fsp3) is 0.240. The van der Waals surface area contributed by atoms with E-state index >= 15 is 0 Å². The van der Waals surface area contributed by atoms with E-state index in [2.05, 4.69) is 21.2 Å². The molecule has 0 heterocycles. The Labute approximate surface area is 203 Å². The van der Waals surface area contributed by atoms with Crippen LogP contribution in [0.25, 0.3) is 0 Å². The lowest BCUT2D eigenvalue weighted by molar-refractivity contribution is -0.123. The summed E-state index contributed by atoms with van der Waals surface area (Å²) in [7, 11) is -3.68. The van der Waals surface area contributed by atoms with Gasteiger partial charge in [0.2, 0.25) is 0 Å². The number of anilines is 1. The summed E-state index contributed by atoms with van der Waals surface area (Å²) in [5.74, 6) is 0.237. The molecule has 3 aromatic carbocycles. The van der Waals surface area contributed by atoms with Crippen molar-refractivity contribution in [2.45, 2.75) is 31.7 Å². The summed E-state index contributed by atoms with van der Waals surface area (Å²) in [6.07, 6.45) is 0. The van der Waals surface area contributed by atoms with Gasteiger partial charge in [-0.25, -0.2) is 8.42 Å². The molecule has 1 N–H and O–H groups in total. The first-order valence-corrected chi connectivity index (χ1v) is 12.8. The molecule has 0 fully saturated rings. The summed E-state index contributed by atoms with van der Waals surface area (Å²) in [6, 6.07) is 21.0. The van der Waals surface area contributed by atoms with Gasteiger partial charge in [0.1, 0.15) is 5.75 Å². The normalized spacial score (nSPS) is 12.1. The number of sulfonamides is 1. The van der Waals surface area contributed by atoms with Crippen molar-refractivity contribution in [3.8, 4) is 5.75 Å². The summed E-state index contributed by atoms with van der Waals surface area (Å²) < 4.78 is 34.0. The molecule has 8 heteroatoms. The molecule has 0 aliphatic heterocycles. The van der Waals surface area contributed by atoms with E-state index in [1.807, 2.05) is 38.1 Å². The standard InChI is InChI=1S/C25H27BrN2O4S/c1-4-28(33(30,31)24-15-5-18(2)6-16-24)22-11-13-23(14-12-22)32-17-25(29)27-19(3)20-7-9-21(26)10-8-20/h5-16,19H,4,17H2,1-3H3,(H,27,29)/t19-/m1/s1. The Morgan fingerprint density at radius 1 is 1.00 bits per heavy atom. The van der Waals surface area contributed by atoms with Crippen molar-refractivity contribution >= 4 is 37.5 Å². The third-order valence-electron chi connectivity index (χ3n) is 5.14. The van der Waals surface area contributed by atoms with E-state index < -0.39 is 10.0 Å². The maximum Gasteiger partial charge on any atom is 0.264 e. The molecule has 0 radical (unpaired) electrons. The van der Waals surface area contributed by atoms with Crippen LogP contribution < -0.4 is 14.4 Å². The van der Waals surface area contributed by atoms with E-state index in [1.165, 1.54) is 4.31 Å². The molecule has 3 aromatic rings. The molecule has 3 rings (SSSR count). The van der Waals surface area contributed by atoms with E-state index in [1.54, 1.807) is 55.5 Å². The second-order valence-electron chi connectivity index (χ2n) is 7.61. The van der Waals surface area contributed by atoms with Gasteiger partial charge in [-0.15, -0.1) is 0 Å². The number of rotatable bonds is 9. The van der Waals surface area contributed by atoms with Gasteiger partial charge in [-0.1, -0.05) is 45.8 Å². The van der Waals surface area contributed by atoms with Crippen LogP contribution in [0.2, 0.25) is 0 Å². The lowest BCUT2D eigenvalue weighted by Crippen LogP contribution is -2.31. The average Bonchev–Trinajstić information content (AvgIpc) is 2.79. The number of hydrogen-bond acceptors (Lipinski definition) is 4. The monoisotopic (exact) mass is 530 g/mol. The van der Waals surface area contributed by atoms with Crippen LogP contribution in [-0.4, -0.2) is 27.5 Å². The minimum absolute atomic E-state index is 0.140. The molecule has 1 amide bonds. The van der Waals surface area contributed by atoms with Gasteiger partial charge in [-0.2, -0.15) is 0 Å². The lowest BCUT2D eigenvalue weighted by Gasteiger charge is -2.23. The average molecular weight is 531 g/mol. The molecule has 6 nitrogen and oxygen atoms in total. The zero-order chi connectivity index (χ0) is 24.0. The Balaban J connectivity index is 1.61. The molecule has 0 unspecified atom stereocenters. The highest BCUT2D eigenvalue weighted by atomic mass is 79.9. The van der Waals surface area contributed by atoms with E-state index in [0.29, 0.717) is 11.4 Å². The number of aryl methyl sites for hydroxylation is 1. The number of carbonyl (C=O) groups is 1. The number of carbonyl (C=O) groups excluding carboxylic acids is 1. The molecule has 0 bridgehead atoms. The molecular formula is C25H27BrN2O4S. The molecule has 174 valence electrons. The maximum atomic E-state index is 13.1. The number of ether oxygens (including phenoxy) is 1. The van der Waals surface area contributed by atoms with Gasteiger partial charge in [0, 0.05) is 11.0 Å². The summed E-state index contributed by atoms with van der Waals surface area (Å²) in [5.41, 5.74) is 2.51. The number of benzene rings is 3. The van der Waals surface area contributed by atoms with Gasteiger partial charge in [-0.3, -0.25) is 9.10 Å². The highest BCUT2D eigenvalue weighted by Crippen LogP contribution is 2.26. The number of amides is 1. The fourth-order valence-corrected chi connectivity index (χ4v) is 5.04. The molecule has 0 aliphatic rings. The van der Waals surface area contributed by atoms with Crippen molar-refractivity contribution in [1.82, 2.24) is 5.32 Å². The van der Waals surface area contributed by atoms with Crippen LogP contribution in [0, 0.1) is 6.92 Å². The van der Waals surface area contributed by atoms with Gasteiger partial charge < -0.3 is 10.1 Å². The van der Waals surface area contributed by atoms with Crippen molar-refractivity contribution in [2.24, 2.45) is 0 Å². The van der Waals surface area contributed by atoms with Gasteiger partial charge in [-0.05, 0) is 74.9 Å². The number of hydrogen-bond donors (Lipinski definition) is 1. The minimum Gasteiger partial charge on any atom is -0.484 e. The highest BCUT2D eigenvalue weighted by Gasteiger charge is 2.23. The largest absolute Gasteiger partial charge is 0.484 e. The van der Waals surface area contributed by atoms with Gasteiger partial charge in [0.25, 0.3) is 15.9 Å². The van der Waals surface area contributed by atoms with E-state index in [4.69, 9.17) is 4.74 Å². The Hall–Kier alpha value is -2.84. The van der Waals surface area contributed by atoms with Crippen LogP contribution in [0.1, 0.15) is 31.0 Å². The second-order valence-corrected chi connectivity index (χ2v) is 10.4. The number of halogens is 1.